The number of aromatic amines is 1. The molecule has 17 heavy (non-hydrogen) atoms. The molecule has 2 rings (SSSR count). The zero-order valence-corrected chi connectivity index (χ0v) is 8.93. The van der Waals surface area contributed by atoms with Gasteiger partial charge in [-0.25, -0.2) is 9.97 Å². The average molecular weight is 235 g/mol. The number of carbonyl (C=O) groups is 1. The highest BCUT2D eigenvalue weighted by Gasteiger charge is 2.07. The van der Waals surface area contributed by atoms with Gasteiger partial charge in [0.1, 0.15) is 6.61 Å². The van der Waals surface area contributed by atoms with Crippen LogP contribution in [-0.2, 0) is 16.1 Å². The third-order valence-corrected chi connectivity index (χ3v) is 1.91. The van der Waals surface area contributed by atoms with Crippen LogP contribution >= 0.6 is 0 Å². The van der Waals surface area contributed by atoms with Gasteiger partial charge in [-0.2, -0.15) is 4.98 Å². The van der Waals surface area contributed by atoms with Gasteiger partial charge < -0.3 is 10.5 Å². The maximum absolute atomic E-state index is 11.5. The fourth-order valence-corrected chi connectivity index (χ4v) is 1.22. The highest BCUT2D eigenvalue weighted by Crippen LogP contribution is 2.04. The van der Waals surface area contributed by atoms with Crippen LogP contribution in [0.1, 0.15) is 12.6 Å². The Kier molecular flexibility index (Phi) is 2.69. The lowest BCUT2D eigenvalue weighted by Gasteiger charge is -2.02. The molecule has 2 aromatic heterocycles. The lowest BCUT2D eigenvalue weighted by Crippen LogP contribution is -2.14. The van der Waals surface area contributed by atoms with Crippen LogP contribution in [0.2, 0.25) is 0 Å². The van der Waals surface area contributed by atoms with Gasteiger partial charge in [-0.1, -0.05) is 0 Å². The van der Waals surface area contributed by atoms with E-state index in [1.165, 1.54) is 13.1 Å². The van der Waals surface area contributed by atoms with Gasteiger partial charge in [0.15, 0.2) is 11.2 Å². The number of hydrogen-bond donors (Lipinski definition) is 2. The summed E-state index contributed by atoms with van der Waals surface area (Å²) in [6.45, 7) is 1.24. The van der Waals surface area contributed by atoms with Gasteiger partial charge >= 0.3 is 5.97 Å². The van der Waals surface area contributed by atoms with Gasteiger partial charge in [-0.3, -0.25) is 14.6 Å². The predicted molar refractivity (Wildman–Crippen MR) is 57.8 cm³/mol. The molecule has 0 aliphatic heterocycles. The number of hydrogen-bond acceptors (Lipinski definition) is 7. The van der Waals surface area contributed by atoms with Crippen molar-refractivity contribution in [3.05, 3.63) is 22.2 Å². The second-order valence-electron chi connectivity index (χ2n) is 3.26. The normalized spacial score (nSPS) is 10.4. The highest BCUT2D eigenvalue weighted by atomic mass is 16.5. The summed E-state index contributed by atoms with van der Waals surface area (Å²) in [6.07, 6.45) is 1.37. The first-order chi connectivity index (χ1) is 8.06. The van der Waals surface area contributed by atoms with Crippen molar-refractivity contribution in [1.29, 1.82) is 0 Å². The van der Waals surface area contributed by atoms with Crippen molar-refractivity contribution in [2.75, 3.05) is 5.73 Å². The van der Waals surface area contributed by atoms with Crippen molar-refractivity contribution in [1.82, 2.24) is 19.9 Å². The first kappa shape index (κ1) is 11.0. The molecule has 0 amide bonds. The van der Waals surface area contributed by atoms with Crippen molar-refractivity contribution in [3.8, 4) is 0 Å². The molecule has 0 unspecified atom stereocenters. The van der Waals surface area contributed by atoms with Crippen LogP contribution in [0.4, 0.5) is 5.95 Å². The van der Waals surface area contributed by atoms with Gasteiger partial charge in [0, 0.05) is 6.92 Å². The Morgan fingerprint density at radius 1 is 1.53 bits per heavy atom. The highest BCUT2D eigenvalue weighted by molar-refractivity contribution is 5.69. The molecular formula is C9H9N5O3. The molecule has 0 saturated heterocycles. The van der Waals surface area contributed by atoms with E-state index in [4.69, 9.17) is 10.5 Å². The Morgan fingerprint density at radius 3 is 3.00 bits per heavy atom. The van der Waals surface area contributed by atoms with E-state index in [9.17, 15) is 9.59 Å². The van der Waals surface area contributed by atoms with Gasteiger partial charge in [-0.15, -0.1) is 0 Å². The van der Waals surface area contributed by atoms with Crippen molar-refractivity contribution in [2.24, 2.45) is 0 Å². The summed E-state index contributed by atoms with van der Waals surface area (Å²) in [5.74, 6) is -0.458. The molecule has 0 radical (unpaired) electrons. The second-order valence-corrected chi connectivity index (χ2v) is 3.26. The molecule has 0 aliphatic rings. The molecular weight excluding hydrogens is 226 g/mol. The minimum absolute atomic E-state index is 0.0236. The van der Waals surface area contributed by atoms with Crippen LogP contribution in [0, 0.1) is 0 Å². The average Bonchev–Trinajstić information content (AvgIpc) is 2.26. The number of rotatable bonds is 2. The van der Waals surface area contributed by atoms with Crippen molar-refractivity contribution in [2.45, 2.75) is 13.5 Å². The maximum atomic E-state index is 11.5. The lowest BCUT2D eigenvalue weighted by atomic mass is 10.4. The zero-order valence-electron chi connectivity index (χ0n) is 8.93. The summed E-state index contributed by atoms with van der Waals surface area (Å²) in [7, 11) is 0. The topological polar surface area (TPSA) is 124 Å². The fraction of sp³-hybridized carbons (Fsp3) is 0.222. The quantitative estimate of drug-likeness (QED) is 0.663. The molecule has 8 heteroatoms. The van der Waals surface area contributed by atoms with Gasteiger partial charge in [-0.05, 0) is 0 Å². The second kappa shape index (κ2) is 4.16. The van der Waals surface area contributed by atoms with Crippen molar-refractivity contribution in [3.63, 3.8) is 0 Å². The summed E-state index contributed by atoms with van der Waals surface area (Å²) in [6, 6.07) is 0. The number of nitrogens with two attached hydrogens (primary N) is 1. The molecule has 2 heterocycles. The van der Waals surface area contributed by atoms with Crippen LogP contribution in [-0.4, -0.2) is 25.9 Å². The summed E-state index contributed by atoms with van der Waals surface area (Å²) in [5, 5.41) is 0. The molecule has 88 valence electrons. The van der Waals surface area contributed by atoms with Crippen molar-refractivity contribution >= 4 is 23.1 Å². The smallest absolute Gasteiger partial charge is 0.303 e. The Bertz CT molecular complexity index is 636. The monoisotopic (exact) mass is 235 g/mol. The summed E-state index contributed by atoms with van der Waals surface area (Å²) in [5.41, 5.74) is 5.45. The fourth-order valence-electron chi connectivity index (χ4n) is 1.22. The number of nitrogens with zero attached hydrogens (tertiary/aromatic N) is 3. The molecule has 0 aromatic carbocycles. The number of H-pyrrole nitrogens is 1. The Morgan fingerprint density at radius 2 is 2.29 bits per heavy atom. The Hall–Kier alpha value is -2.51. The minimum atomic E-state index is -0.482. The van der Waals surface area contributed by atoms with Crippen LogP contribution < -0.4 is 11.3 Å². The van der Waals surface area contributed by atoms with E-state index < -0.39 is 11.5 Å². The maximum Gasteiger partial charge on any atom is 0.303 e. The summed E-state index contributed by atoms with van der Waals surface area (Å²) < 4.78 is 4.74. The molecule has 8 nitrogen and oxygen atoms in total. The third kappa shape index (κ3) is 2.36. The number of nitrogens with one attached hydrogen (secondary N) is 1. The molecule has 2 aromatic rings. The molecule has 0 saturated carbocycles. The third-order valence-electron chi connectivity index (χ3n) is 1.91. The standard InChI is InChI=1S/C9H9N5O3/c1-4(15)17-3-5-2-11-7-6(12-5)8(16)14-9(10)13-7/h2H,3H2,1H3,(H3,10,11,13,14,16). The van der Waals surface area contributed by atoms with Crippen LogP contribution in [0.3, 0.4) is 0 Å². The minimum Gasteiger partial charge on any atom is -0.459 e. The molecule has 0 atom stereocenters. The van der Waals surface area contributed by atoms with Crippen LogP contribution in [0.15, 0.2) is 11.0 Å². The van der Waals surface area contributed by atoms with Crippen LogP contribution in [0.5, 0.6) is 0 Å². The van der Waals surface area contributed by atoms with Crippen molar-refractivity contribution < 1.29 is 9.53 Å². The van der Waals surface area contributed by atoms with E-state index in [1.54, 1.807) is 0 Å². The summed E-state index contributed by atoms with van der Waals surface area (Å²) in [4.78, 5) is 36.2. The molecule has 3 N–H and O–H groups in total. The number of anilines is 1. The van der Waals surface area contributed by atoms with Crippen LogP contribution in [0.25, 0.3) is 11.2 Å². The largest absolute Gasteiger partial charge is 0.459 e. The Balaban J connectivity index is 2.43. The number of aromatic nitrogens is 4. The van der Waals surface area contributed by atoms with E-state index in [-0.39, 0.29) is 23.7 Å². The van der Waals surface area contributed by atoms with E-state index >= 15 is 0 Å². The molecule has 0 fully saturated rings. The zero-order chi connectivity index (χ0) is 12.4. The van der Waals surface area contributed by atoms with E-state index in [1.807, 2.05) is 0 Å². The number of ether oxygens (including phenoxy) is 1. The molecule has 0 aliphatic carbocycles. The van der Waals surface area contributed by atoms with E-state index in [0.29, 0.717) is 5.69 Å². The SMILES string of the molecule is CC(=O)OCc1cnc2nc(N)[nH]c(=O)c2n1. The summed E-state index contributed by atoms with van der Waals surface area (Å²) >= 11 is 0. The number of nitrogen functional groups attached to an aromatic ring is 1. The van der Waals surface area contributed by atoms with Gasteiger partial charge in [0.25, 0.3) is 5.56 Å². The molecule has 0 bridgehead atoms. The Labute approximate surface area is 94.9 Å². The van der Waals surface area contributed by atoms with E-state index in [0.717, 1.165) is 0 Å². The first-order valence-corrected chi connectivity index (χ1v) is 4.71. The lowest BCUT2D eigenvalue weighted by molar-refractivity contribution is -0.142. The van der Waals surface area contributed by atoms with Gasteiger partial charge in [0.2, 0.25) is 5.95 Å². The number of fused-ring (bicyclic) bond motifs is 1. The predicted octanol–water partition coefficient (Wildman–Crippen LogP) is -0.642. The number of esters is 1. The van der Waals surface area contributed by atoms with E-state index in [2.05, 4.69) is 19.9 Å². The number of carbonyl (C=O) groups excluding carboxylic acids is 1. The first-order valence-electron chi connectivity index (χ1n) is 4.71. The van der Waals surface area contributed by atoms with Gasteiger partial charge in [0.05, 0.1) is 11.9 Å². The molecule has 0 spiro atoms.